The third kappa shape index (κ3) is 4.92. The number of aryl methyl sites for hydroxylation is 1. The highest BCUT2D eigenvalue weighted by atomic mass is 32.1. The molecule has 2 aromatic carbocycles. The Morgan fingerprint density at radius 3 is 2.70 bits per heavy atom. The quantitative estimate of drug-likeness (QED) is 0.518. The standard InChI is InChI=1S/C20H20N4O2S/c1-14-6-5-8-16(10-14)22-20(27)23-17-11-21-24(13-17)12-15-7-3-4-9-18(15)19(25)26-2/h3-11,13H,12H2,1-2H3,(H2,22,23,27). The molecule has 0 amide bonds. The highest BCUT2D eigenvalue weighted by Gasteiger charge is 2.12. The van der Waals surface area contributed by atoms with Gasteiger partial charge in [-0.25, -0.2) is 4.79 Å². The van der Waals surface area contributed by atoms with Crippen molar-refractivity contribution in [2.45, 2.75) is 13.5 Å². The Kier molecular flexibility index (Phi) is 5.83. The van der Waals surface area contributed by atoms with Crippen molar-refractivity contribution in [3.8, 4) is 0 Å². The largest absolute Gasteiger partial charge is 0.465 e. The summed E-state index contributed by atoms with van der Waals surface area (Å²) in [5, 5.41) is 11.1. The van der Waals surface area contributed by atoms with Crippen LogP contribution >= 0.6 is 12.2 Å². The van der Waals surface area contributed by atoms with E-state index in [-0.39, 0.29) is 5.97 Å². The van der Waals surface area contributed by atoms with Crippen LogP contribution in [0, 0.1) is 6.92 Å². The van der Waals surface area contributed by atoms with Crippen molar-refractivity contribution in [1.29, 1.82) is 0 Å². The predicted octanol–water partition coefficient (Wildman–Crippen LogP) is 3.84. The van der Waals surface area contributed by atoms with Crippen LogP contribution in [-0.4, -0.2) is 28.0 Å². The summed E-state index contributed by atoms with van der Waals surface area (Å²) in [6, 6.07) is 15.3. The lowest BCUT2D eigenvalue weighted by atomic mass is 10.1. The zero-order chi connectivity index (χ0) is 19.2. The molecule has 3 rings (SSSR count). The number of nitrogens with zero attached hydrogens (tertiary/aromatic N) is 2. The summed E-state index contributed by atoms with van der Waals surface area (Å²) in [6.45, 7) is 2.48. The fourth-order valence-electron chi connectivity index (χ4n) is 2.67. The number of hydrogen-bond acceptors (Lipinski definition) is 4. The molecular formula is C20H20N4O2S. The van der Waals surface area contributed by atoms with Gasteiger partial charge in [0, 0.05) is 11.9 Å². The van der Waals surface area contributed by atoms with Crippen molar-refractivity contribution in [3.05, 3.63) is 77.6 Å². The molecule has 0 fully saturated rings. The van der Waals surface area contributed by atoms with Crippen molar-refractivity contribution in [2.75, 3.05) is 17.7 Å². The molecule has 27 heavy (non-hydrogen) atoms. The summed E-state index contributed by atoms with van der Waals surface area (Å²) in [5.74, 6) is -0.361. The van der Waals surface area contributed by atoms with Crippen LogP contribution in [0.2, 0.25) is 0 Å². The minimum absolute atomic E-state index is 0.361. The lowest BCUT2D eigenvalue weighted by Crippen LogP contribution is -2.18. The van der Waals surface area contributed by atoms with Gasteiger partial charge in [-0.15, -0.1) is 0 Å². The second kappa shape index (κ2) is 8.46. The van der Waals surface area contributed by atoms with E-state index in [9.17, 15) is 4.79 Å². The van der Waals surface area contributed by atoms with Gasteiger partial charge < -0.3 is 15.4 Å². The van der Waals surface area contributed by atoms with Crippen molar-refractivity contribution in [1.82, 2.24) is 9.78 Å². The smallest absolute Gasteiger partial charge is 0.338 e. The van der Waals surface area contributed by atoms with Gasteiger partial charge in [-0.2, -0.15) is 5.10 Å². The first-order valence-corrected chi connectivity index (χ1v) is 8.79. The molecule has 6 nitrogen and oxygen atoms in total. The molecule has 0 saturated heterocycles. The number of benzene rings is 2. The Hall–Kier alpha value is -3.19. The molecule has 3 aromatic rings. The van der Waals surface area contributed by atoms with Gasteiger partial charge >= 0.3 is 5.97 Å². The first kappa shape index (κ1) is 18.6. The molecule has 1 aromatic heterocycles. The van der Waals surface area contributed by atoms with Crippen LogP contribution in [0.5, 0.6) is 0 Å². The SMILES string of the molecule is COC(=O)c1ccccc1Cn1cc(NC(=S)Nc2cccc(C)c2)cn1. The first-order valence-electron chi connectivity index (χ1n) is 8.38. The number of thiocarbonyl (C=S) groups is 1. The Morgan fingerprint density at radius 1 is 1.15 bits per heavy atom. The second-order valence-corrected chi connectivity index (χ2v) is 6.43. The summed E-state index contributed by atoms with van der Waals surface area (Å²) in [5.41, 5.74) is 4.20. The monoisotopic (exact) mass is 380 g/mol. The maximum atomic E-state index is 11.9. The number of methoxy groups -OCH3 is 1. The Labute approximate surface area is 163 Å². The number of nitrogens with one attached hydrogen (secondary N) is 2. The summed E-state index contributed by atoms with van der Waals surface area (Å²) in [7, 11) is 1.37. The number of ether oxygens (including phenoxy) is 1. The van der Waals surface area contributed by atoms with Crippen LogP contribution in [0.3, 0.4) is 0 Å². The summed E-state index contributed by atoms with van der Waals surface area (Å²) in [4.78, 5) is 11.9. The maximum Gasteiger partial charge on any atom is 0.338 e. The van der Waals surface area contributed by atoms with Crippen LogP contribution in [0.1, 0.15) is 21.5 Å². The Balaban J connectivity index is 1.65. The molecule has 0 aliphatic rings. The lowest BCUT2D eigenvalue weighted by molar-refractivity contribution is 0.0599. The molecule has 0 atom stereocenters. The molecule has 7 heteroatoms. The Bertz CT molecular complexity index is 968. The van der Waals surface area contributed by atoms with Crippen LogP contribution in [-0.2, 0) is 11.3 Å². The van der Waals surface area contributed by atoms with E-state index < -0.39 is 0 Å². The van der Waals surface area contributed by atoms with E-state index in [0.29, 0.717) is 17.2 Å². The number of anilines is 2. The van der Waals surface area contributed by atoms with Crippen LogP contribution in [0.15, 0.2) is 60.9 Å². The van der Waals surface area contributed by atoms with Gasteiger partial charge in [-0.3, -0.25) is 4.68 Å². The molecule has 0 radical (unpaired) electrons. The second-order valence-electron chi connectivity index (χ2n) is 6.02. The fraction of sp³-hybridized carbons (Fsp3) is 0.150. The molecule has 2 N–H and O–H groups in total. The van der Waals surface area contributed by atoms with E-state index >= 15 is 0 Å². The maximum absolute atomic E-state index is 11.9. The van der Waals surface area contributed by atoms with E-state index in [4.69, 9.17) is 17.0 Å². The molecule has 0 unspecified atom stereocenters. The molecular weight excluding hydrogens is 360 g/mol. The van der Waals surface area contributed by atoms with Crippen LogP contribution < -0.4 is 10.6 Å². The average molecular weight is 380 g/mol. The predicted molar refractivity (Wildman–Crippen MR) is 110 cm³/mol. The molecule has 0 spiro atoms. The molecule has 0 aliphatic carbocycles. The summed E-state index contributed by atoms with van der Waals surface area (Å²) in [6.07, 6.45) is 3.52. The third-order valence-corrected chi connectivity index (χ3v) is 4.13. The summed E-state index contributed by atoms with van der Waals surface area (Å²) >= 11 is 5.35. The highest BCUT2D eigenvalue weighted by Crippen LogP contribution is 2.14. The van der Waals surface area contributed by atoms with Gasteiger partial charge in [0.15, 0.2) is 5.11 Å². The van der Waals surface area contributed by atoms with Crippen molar-refractivity contribution in [2.24, 2.45) is 0 Å². The minimum atomic E-state index is -0.361. The minimum Gasteiger partial charge on any atom is -0.465 e. The fourth-order valence-corrected chi connectivity index (χ4v) is 2.91. The van der Waals surface area contributed by atoms with Gasteiger partial charge in [0.1, 0.15) is 0 Å². The topological polar surface area (TPSA) is 68.2 Å². The van der Waals surface area contributed by atoms with Crippen LogP contribution in [0.25, 0.3) is 0 Å². The van der Waals surface area contributed by atoms with Gasteiger partial charge in [0.25, 0.3) is 0 Å². The molecule has 0 saturated carbocycles. The van der Waals surface area contributed by atoms with Crippen molar-refractivity contribution in [3.63, 3.8) is 0 Å². The normalized spacial score (nSPS) is 10.3. The van der Waals surface area contributed by atoms with E-state index in [1.807, 2.05) is 49.5 Å². The van der Waals surface area contributed by atoms with E-state index in [2.05, 4.69) is 15.7 Å². The number of rotatable bonds is 5. The lowest BCUT2D eigenvalue weighted by Gasteiger charge is -2.09. The first-order chi connectivity index (χ1) is 13.0. The number of carbonyl (C=O) groups is 1. The highest BCUT2D eigenvalue weighted by molar-refractivity contribution is 7.80. The van der Waals surface area contributed by atoms with E-state index in [1.165, 1.54) is 7.11 Å². The summed E-state index contributed by atoms with van der Waals surface area (Å²) < 4.78 is 6.57. The van der Waals surface area contributed by atoms with Gasteiger partial charge in [-0.1, -0.05) is 30.3 Å². The van der Waals surface area contributed by atoms with Crippen molar-refractivity contribution < 1.29 is 9.53 Å². The number of carbonyl (C=O) groups excluding carboxylic acids is 1. The van der Waals surface area contributed by atoms with E-state index in [0.717, 1.165) is 22.5 Å². The zero-order valence-electron chi connectivity index (χ0n) is 15.1. The third-order valence-electron chi connectivity index (χ3n) is 3.92. The van der Waals surface area contributed by atoms with Gasteiger partial charge in [0.05, 0.1) is 31.1 Å². The average Bonchev–Trinajstić information content (AvgIpc) is 3.08. The van der Waals surface area contributed by atoms with Crippen molar-refractivity contribution >= 4 is 34.7 Å². The number of hydrogen-bond donors (Lipinski definition) is 2. The van der Waals surface area contributed by atoms with Crippen LogP contribution in [0.4, 0.5) is 11.4 Å². The molecule has 0 bridgehead atoms. The van der Waals surface area contributed by atoms with E-state index in [1.54, 1.807) is 23.0 Å². The number of aromatic nitrogens is 2. The number of esters is 1. The molecule has 138 valence electrons. The Morgan fingerprint density at radius 2 is 1.93 bits per heavy atom. The molecule has 1 heterocycles. The van der Waals surface area contributed by atoms with Gasteiger partial charge in [-0.05, 0) is 48.5 Å². The van der Waals surface area contributed by atoms with Gasteiger partial charge in [0.2, 0.25) is 0 Å². The molecule has 0 aliphatic heterocycles. The zero-order valence-corrected chi connectivity index (χ0v) is 15.9.